The first-order valence-corrected chi connectivity index (χ1v) is 8.36. The number of fused-ring (bicyclic) bond motifs is 1. The van der Waals surface area contributed by atoms with Crippen molar-refractivity contribution in [3.05, 3.63) is 77.3 Å². The first-order chi connectivity index (χ1) is 11.7. The molecule has 1 atom stereocenters. The van der Waals surface area contributed by atoms with Gasteiger partial charge in [-0.15, -0.1) is 0 Å². The van der Waals surface area contributed by atoms with Crippen LogP contribution in [0.2, 0.25) is 5.02 Å². The molecular weight excluding hydrogens is 320 g/mol. The fourth-order valence-corrected chi connectivity index (χ4v) is 2.89. The van der Waals surface area contributed by atoms with Gasteiger partial charge in [-0.2, -0.15) is 0 Å². The molecule has 0 aliphatic heterocycles. The lowest BCUT2D eigenvalue weighted by molar-refractivity contribution is 0.248. The van der Waals surface area contributed by atoms with Crippen LogP contribution in [0.3, 0.4) is 0 Å². The van der Waals surface area contributed by atoms with Crippen molar-refractivity contribution in [2.75, 3.05) is 5.32 Å². The van der Waals surface area contributed by atoms with E-state index in [1.165, 1.54) is 0 Å². The highest BCUT2D eigenvalue weighted by molar-refractivity contribution is 6.30. The lowest BCUT2D eigenvalue weighted by Gasteiger charge is -2.18. The SMILES string of the molecule is CC[C@@H](NC(=O)Nc1cccc2ccccc12)c1ccc(Cl)cc1. The Hall–Kier alpha value is -2.52. The van der Waals surface area contributed by atoms with Gasteiger partial charge in [-0.05, 0) is 35.6 Å². The Morgan fingerprint density at radius 3 is 2.46 bits per heavy atom. The molecule has 2 N–H and O–H groups in total. The van der Waals surface area contributed by atoms with E-state index < -0.39 is 0 Å². The second-order valence-corrected chi connectivity index (χ2v) is 6.07. The van der Waals surface area contributed by atoms with Crippen LogP contribution in [0.4, 0.5) is 10.5 Å². The maximum Gasteiger partial charge on any atom is 0.319 e. The molecule has 0 aliphatic carbocycles. The highest BCUT2D eigenvalue weighted by Gasteiger charge is 2.13. The van der Waals surface area contributed by atoms with E-state index in [0.29, 0.717) is 5.02 Å². The zero-order valence-corrected chi connectivity index (χ0v) is 14.2. The number of urea groups is 1. The quantitative estimate of drug-likeness (QED) is 0.623. The van der Waals surface area contributed by atoms with Gasteiger partial charge >= 0.3 is 6.03 Å². The molecule has 3 aromatic rings. The molecule has 0 unspecified atom stereocenters. The van der Waals surface area contributed by atoms with Gasteiger partial charge in [0.05, 0.1) is 11.7 Å². The maximum absolute atomic E-state index is 12.4. The van der Waals surface area contributed by atoms with Crippen molar-refractivity contribution in [2.24, 2.45) is 0 Å². The molecule has 2 amide bonds. The summed E-state index contributed by atoms with van der Waals surface area (Å²) in [5, 5.41) is 8.79. The van der Waals surface area contributed by atoms with E-state index in [9.17, 15) is 4.79 Å². The van der Waals surface area contributed by atoms with Gasteiger partial charge in [0, 0.05) is 10.4 Å². The summed E-state index contributed by atoms with van der Waals surface area (Å²) in [4.78, 5) is 12.4. The minimum Gasteiger partial charge on any atom is -0.331 e. The molecule has 0 bridgehead atoms. The first kappa shape index (κ1) is 16.3. The van der Waals surface area contributed by atoms with Crippen molar-refractivity contribution in [2.45, 2.75) is 19.4 Å². The third kappa shape index (κ3) is 3.69. The Kier molecular flexibility index (Phi) is 5.02. The van der Waals surface area contributed by atoms with Crippen LogP contribution in [0.5, 0.6) is 0 Å². The molecule has 24 heavy (non-hydrogen) atoms. The van der Waals surface area contributed by atoms with Crippen LogP contribution in [0.1, 0.15) is 24.9 Å². The van der Waals surface area contributed by atoms with Crippen LogP contribution in [0.25, 0.3) is 10.8 Å². The molecule has 0 saturated heterocycles. The second kappa shape index (κ2) is 7.37. The molecule has 4 heteroatoms. The standard InChI is InChI=1S/C20H19ClN2O/c1-2-18(15-10-12-16(21)13-11-15)22-20(24)23-19-9-5-7-14-6-3-4-8-17(14)19/h3-13,18H,2H2,1H3,(H2,22,23,24)/t18-/m1/s1. The summed E-state index contributed by atoms with van der Waals surface area (Å²) in [5.41, 5.74) is 1.84. The van der Waals surface area contributed by atoms with E-state index in [4.69, 9.17) is 11.6 Å². The van der Waals surface area contributed by atoms with Crippen LogP contribution >= 0.6 is 11.6 Å². The Morgan fingerprint density at radius 2 is 1.71 bits per heavy atom. The molecule has 3 nitrogen and oxygen atoms in total. The van der Waals surface area contributed by atoms with Crippen LogP contribution < -0.4 is 10.6 Å². The number of carbonyl (C=O) groups is 1. The minimum atomic E-state index is -0.215. The molecule has 3 aromatic carbocycles. The number of rotatable bonds is 4. The fourth-order valence-electron chi connectivity index (χ4n) is 2.77. The third-order valence-corrected chi connectivity index (χ3v) is 4.28. The van der Waals surface area contributed by atoms with Gasteiger partial charge in [0.15, 0.2) is 0 Å². The lowest BCUT2D eigenvalue weighted by atomic mass is 10.1. The van der Waals surface area contributed by atoms with Gasteiger partial charge in [-0.3, -0.25) is 0 Å². The van der Waals surface area contributed by atoms with Crippen LogP contribution in [0, 0.1) is 0 Å². The molecule has 0 spiro atoms. The predicted octanol–water partition coefficient (Wildman–Crippen LogP) is 5.77. The van der Waals surface area contributed by atoms with Crippen LogP contribution in [-0.2, 0) is 0 Å². The number of hydrogen-bond acceptors (Lipinski definition) is 1. The Labute approximate surface area is 146 Å². The molecule has 0 aliphatic rings. The lowest BCUT2D eigenvalue weighted by Crippen LogP contribution is -2.32. The average Bonchev–Trinajstić information content (AvgIpc) is 2.61. The van der Waals surface area contributed by atoms with Crippen molar-refractivity contribution in [1.82, 2.24) is 5.32 Å². The third-order valence-electron chi connectivity index (χ3n) is 4.02. The highest BCUT2D eigenvalue weighted by atomic mass is 35.5. The number of halogens is 1. The number of hydrogen-bond donors (Lipinski definition) is 2. The normalized spacial score (nSPS) is 11.9. The van der Waals surface area contributed by atoms with E-state index in [2.05, 4.69) is 10.6 Å². The van der Waals surface area contributed by atoms with Crippen molar-refractivity contribution >= 4 is 34.1 Å². The second-order valence-electron chi connectivity index (χ2n) is 5.64. The van der Waals surface area contributed by atoms with Gasteiger partial charge in [0.1, 0.15) is 0 Å². The van der Waals surface area contributed by atoms with E-state index in [1.807, 2.05) is 73.7 Å². The molecule has 122 valence electrons. The fraction of sp³-hybridized carbons (Fsp3) is 0.150. The smallest absolute Gasteiger partial charge is 0.319 e. The number of nitrogens with one attached hydrogen (secondary N) is 2. The number of amides is 2. The Balaban J connectivity index is 1.75. The van der Waals surface area contributed by atoms with Gasteiger partial charge in [0.25, 0.3) is 0 Å². The van der Waals surface area contributed by atoms with Crippen molar-refractivity contribution in [1.29, 1.82) is 0 Å². The minimum absolute atomic E-state index is 0.0581. The summed E-state index contributed by atoms with van der Waals surface area (Å²) < 4.78 is 0. The van der Waals surface area contributed by atoms with E-state index in [0.717, 1.165) is 28.4 Å². The van der Waals surface area contributed by atoms with Crippen LogP contribution in [0.15, 0.2) is 66.7 Å². The summed E-state index contributed by atoms with van der Waals surface area (Å²) in [6, 6.07) is 21.1. The van der Waals surface area contributed by atoms with Crippen molar-refractivity contribution in [3.8, 4) is 0 Å². The maximum atomic E-state index is 12.4. The molecule has 0 saturated carbocycles. The monoisotopic (exact) mass is 338 g/mol. The van der Waals surface area contributed by atoms with Gasteiger partial charge in [-0.1, -0.05) is 67.1 Å². The zero-order chi connectivity index (χ0) is 16.9. The Bertz CT molecular complexity index is 840. The summed E-state index contributed by atoms with van der Waals surface area (Å²) in [7, 11) is 0. The number of benzene rings is 3. The van der Waals surface area contributed by atoms with Crippen molar-refractivity contribution in [3.63, 3.8) is 0 Å². The largest absolute Gasteiger partial charge is 0.331 e. The summed E-state index contributed by atoms with van der Waals surface area (Å²) in [5.74, 6) is 0. The Morgan fingerprint density at radius 1 is 1.00 bits per heavy atom. The number of anilines is 1. The zero-order valence-electron chi connectivity index (χ0n) is 13.4. The summed E-state index contributed by atoms with van der Waals surface area (Å²) >= 11 is 5.93. The molecule has 0 fully saturated rings. The summed E-state index contributed by atoms with van der Waals surface area (Å²) in [6.07, 6.45) is 0.796. The van der Waals surface area contributed by atoms with Gasteiger partial charge < -0.3 is 10.6 Å². The molecule has 0 aromatic heterocycles. The van der Waals surface area contributed by atoms with Gasteiger partial charge in [0.2, 0.25) is 0 Å². The van der Waals surface area contributed by atoms with E-state index in [1.54, 1.807) is 0 Å². The molecule has 3 rings (SSSR count). The highest BCUT2D eigenvalue weighted by Crippen LogP contribution is 2.24. The molecule has 0 heterocycles. The average molecular weight is 339 g/mol. The predicted molar refractivity (Wildman–Crippen MR) is 101 cm³/mol. The van der Waals surface area contributed by atoms with Crippen LogP contribution in [-0.4, -0.2) is 6.03 Å². The molecular formula is C20H19ClN2O. The van der Waals surface area contributed by atoms with Crippen molar-refractivity contribution < 1.29 is 4.79 Å². The van der Waals surface area contributed by atoms with E-state index in [-0.39, 0.29) is 12.1 Å². The molecule has 0 radical (unpaired) electrons. The first-order valence-electron chi connectivity index (χ1n) is 7.98. The number of carbonyl (C=O) groups excluding carboxylic acids is 1. The van der Waals surface area contributed by atoms with E-state index >= 15 is 0 Å². The topological polar surface area (TPSA) is 41.1 Å². The summed E-state index contributed by atoms with van der Waals surface area (Å²) in [6.45, 7) is 2.04. The van der Waals surface area contributed by atoms with Gasteiger partial charge in [-0.25, -0.2) is 4.79 Å².